The average molecular weight is 306 g/mol. The number of nitrogens with zero attached hydrogens (tertiary/aromatic N) is 2. The van der Waals surface area contributed by atoms with Crippen LogP contribution in [-0.4, -0.2) is 21.4 Å². The van der Waals surface area contributed by atoms with Crippen LogP contribution in [0.15, 0.2) is 17.1 Å². The SMILES string of the molecule is O=c1[nH]c(C(F)(F)C(F)F)nc2ncc(Cl)cc12.[H-].[Na+]. The molecule has 0 unspecified atom stereocenters. The number of hydrogen-bond donors (Lipinski definition) is 1. The molecule has 0 amide bonds. The van der Waals surface area contributed by atoms with Gasteiger partial charge in [0.25, 0.3) is 5.56 Å². The van der Waals surface area contributed by atoms with Crippen LogP contribution in [0.5, 0.6) is 0 Å². The number of aromatic nitrogens is 3. The monoisotopic (exact) mass is 305 g/mol. The number of fused-ring (bicyclic) bond motifs is 1. The molecule has 1 N–H and O–H groups in total. The second-order valence-electron chi connectivity index (χ2n) is 3.36. The van der Waals surface area contributed by atoms with E-state index in [-0.39, 0.29) is 47.0 Å². The van der Waals surface area contributed by atoms with E-state index in [0.29, 0.717) is 0 Å². The Morgan fingerprint density at radius 3 is 2.63 bits per heavy atom. The molecule has 2 rings (SSSR count). The molecule has 2 aromatic rings. The fourth-order valence-corrected chi connectivity index (χ4v) is 1.42. The van der Waals surface area contributed by atoms with Gasteiger partial charge in [-0.05, 0) is 6.07 Å². The summed E-state index contributed by atoms with van der Waals surface area (Å²) < 4.78 is 50.3. The van der Waals surface area contributed by atoms with E-state index in [1.165, 1.54) is 0 Å². The van der Waals surface area contributed by atoms with E-state index < -0.39 is 23.7 Å². The zero-order chi connectivity index (χ0) is 13.5. The van der Waals surface area contributed by atoms with Crippen molar-refractivity contribution >= 4 is 22.6 Å². The zero-order valence-corrected chi connectivity index (χ0v) is 12.2. The molecule has 0 atom stereocenters. The maximum atomic E-state index is 13.0. The van der Waals surface area contributed by atoms with Gasteiger partial charge in [0, 0.05) is 6.20 Å². The molecule has 19 heavy (non-hydrogen) atoms. The van der Waals surface area contributed by atoms with Crippen molar-refractivity contribution in [3.05, 3.63) is 33.5 Å². The number of nitrogens with one attached hydrogen (secondary N) is 1. The third-order valence-electron chi connectivity index (χ3n) is 2.12. The van der Waals surface area contributed by atoms with Crippen molar-refractivity contribution in [2.24, 2.45) is 0 Å². The number of halogens is 5. The molecule has 0 saturated carbocycles. The molecule has 0 fully saturated rings. The van der Waals surface area contributed by atoms with Gasteiger partial charge in [0.1, 0.15) is 0 Å². The Kier molecular flexibility index (Phi) is 4.94. The molecule has 0 spiro atoms. The van der Waals surface area contributed by atoms with E-state index in [1.807, 2.05) is 0 Å². The molecule has 4 nitrogen and oxygen atoms in total. The number of aromatic amines is 1. The first-order valence-corrected chi connectivity index (χ1v) is 4.92. The van der Waals surface area contributed by atoms with E-state index >= 15 is 0 Å². The smallest absolute Gasteiger partial charge is 1.00 e. The Hall–Kier alpha value is -0.700. The Morgan fingerprint density at radius 2 is 2.05 bits per heavy atom. The second-order valence-corrected chi connectivity index (χ2v) is 3.80. The summed E-state index contributed by atoms with van der Waals surface area (Å²) in [7, 11) is 0. The van der Waals surface area contributed by atoms with Gasteiger partial charge >= 0.3 is 41.9 Å². The second kappa shape index (κ2) is 5.74. The molecule has 2 heterocycles. The summed E-state index contributed by atoms with van der Waals surface area (Å²) in [4.78, 5) is 19.8. The maximum Gasteiger partial charge on any atom is 1.00 e. The summed E-state index contributed by atoms with van der Waals surface area (Å²) in [5.41, 5.74) is -1.39. The van der Waals surface area contributed by atoms with Crippen LogP contribution >= 0.6 is 11.6 Å². The van der Waals surface area contributed by atoms with Crippen molar-refractivity contribution in [2.45, 2.75) is 12.3 Å². The molecule has 0 aliphatic heterocycles. The van der Waals surface area contributed by atoms with Crippen LogP contribution < -0.4 is 35.1 Å². The molecule has 0 aliphatic rings. The number of rotatable bonds is 2. The number of alkyl halides is 4. The van der Waals surface area contributed by atoms with Crippen LogP contribution in [0.2, 0.25) is 5.02 Å². The van der Waals surface area contributed by atoms with Crippen LogP contribution in [0.3, 0.4) is 0 Å². The zero-order valence-electron chi connectivity index (χ0n) is 10.4. The minimum Gasteiger partial charge on any atom is -1.00 e. The summed E-state index contributed by atoms with van der Waals surface area (Å²) in [5.74, 6) is -5.97. The van der Waals surface area contributed by atoms with Gasteiger partial charge < -0.3 is 6.41 Å². The van der Waals surface area contributed by atoms with Crippen molar-refractivity contribution in [3.63, 3.8) is 0 Å². The number of H-pyrrole nitrogens is 1. The van der Waals surface area contributed by atoms with Crippen LogP contribution in [0.4, 0.5) is 17.6 Å². The molecule has 0 aliphatic carbocycles. The largest absolute Gasteiger partial charge is 1.00 e. The van der Waals surface area contributed by atoms with Gasteiger partial charge in [0.15, 0.2) is 11.5 Å². The first-order valence-electron chi connectivity index (χ1n) is 4.54. The Morgan fingerprint density at radius 1 is 1.42 bits per heavy atom. The van der Waals surface area contributed by atoms with Gasteiger partial charge in [-0.3, -0.25) is 4.79 Å². The van der Waals surface area contributed by atoms with Crippen molar-refractivity contribution < 1.29 is 48.5 Å². The van der Waals surface area contributed by atoms with Crippen LogP contribution in [0, 0.1) is 0 Å². The average Bonchev–Trinajstić information content (AvgIpc) is 2.29. The van der Waals surface area contributed by atoms with Gasteiger partial charge in [-0.1, -0.05) is 11.6 Å². The minimum atomic E-state index is -4.55. The maximum absolute atomic E-state index is 13.0. The van der Waals surface area contributed by atoms with E-state index in [9.17, 15) is 22.4 Å². The molecule has 98 valence electrons. The minimum absolute atomic E-state index is 0. The predicted octanol–water partition coefficient (Wildman–Crippen LogP) is -0.555. The molecule has 10 heteroatoms. The first kappa shape index (κ1) is 16.4. The van der Waals surface area contributed by atoms with Crippen molar-refractivity contribution in [3.8, 4) is 0 Å². The summed E-state index contributed by atoms with van der Waals surface area (Å²) in [6, 6.07) is 1.15. The van der Waals surface area contributed by atoms with Gasteiger partial charge in [-0.2, -0.15) is 8.78 Å². The molecule has 0 bridgehead atoms. The van der Waals surface area contributed by atoms with Crippen molar-refractivity contribution in [1.29, 1.82) is 0 Å². The predicted molar refractivity (Wildman–Crippen MR) is 56.2 cm³/mol. The number of pyridine rings is 1. The number of hydrogen-bond acceptors (Lipinski definition) is 3. The summed E-state index contributed by atoms with van der Waals surface area (Å²) in [5, 5.41) is -0.0560. The van der Waals surface area contributed by atoms with Gasteiger partial charge in [-0.25, -0.2) is 18.7 Å². The van der Waals surface area contributed by atoms with E-state index in [2.05, 4.69) is 9.97 Å². The van der Waals surface area contributed by atoms with Gasteiger partial charge in [0.05, 0.1) is 10.4 Å². The molecular weight excluding hydrogens is 301 g/mol. The quantitative estimate of drug-likeness (QED) is 0.598. The normalized spacial score (nSPS) is 11.7. The molecule has 0 radical (unpaired) electrons. The fourth-order valence-electron chi connectivity index (χ4n) is 1.26. The Bertz CT molecular complexity index is 669. The summed E-state index contributed by atoms with van der Waals surface area (Å²) in [6.45, 7) is 0. The van der Waals surface area contributed by atoms with Gasteiger partial charge in [0.2, 0.25) is 0 Å². The third-order valence-corrected chi connectivity index (χ3v) is 2.32. The Balaban J connectivity index is 0.00000180. The third kappa shape index (κ3) is 3.07. The van der Waals surface area contributed by atoms with E-state index in [0.717, 1.165) is 12.3 Å². The van der Waals surface area contributed by atoms with Gasteiger partial charge in [-0.15, -0.1) is 0 Å². The summed E-state index contributed by atoms with van der Waals surface area (Å²) in [6.07, 6.45) is -2.91. The van der Waals surface area contributed by atoms with E-state index in [1.54, 1.807) is 4.98 Å². The van der Waals surface area contributed by atoms with Crippen molar-refractivity contribution in [1.82, 2.24) is 15.0 Å². The first-order chi connectivity index (χ1) is 8.32. The Labute approximate surface area is 132 Å². The summed E-state index contributed by atoms with van der Waals surface area (Å²) >= 11 is 5.56. The molecular formula is C9H5ClF4N3NaO. The van der Waals surface area contributed by atoms with Crippen LogP contribution in [-0.2, 0) is 5.92 Å². The van der Waals surface area contributed by atoms with Crippen LogP contribution in [0.25, 0.3) is 11.0 Å². The standard InChI is InChI=1S/C9H4ClF4N3O.Na.H/c10-3-1-4-5(15-2-3)16-8(17-6(4)18)9(13,14)7(11)12;;/h1-2,7H,(H,15,16,17,18);;/q;+1;-1. The molecule has 0 saturated heterocycles. The van der Waals surface area contributed by atoms with Crippen molar-refractivity contribution in [2.75, 3.05) is 0 Å². The molecule has 2 aromatic heterocycles. The fraction of sp³-hybridized carbons (Fsp3) is 0.222. The van der Waals surface area contributed by atoms with E-state index in [4.69, 9.17) is 11.6 Å². The topological polar surface area (TPSA) is 58.6 Å². The molecule has 0 aromatic carbocycles. The van der Waals surface area contributed by atoms with Crippen LogP contribution in [0.1, 0.15) is 7.25 Å².